The summed E-state index contributed by atoms with van der Waals surface area (Å²) in [5.74, 6) is 4.17. The summed E-state index contributed by atoms with van der Waals surface area (Å²) in [7, 11) is 0. The lowest BCUT2D eigenvalue weighted by Crippen LogP contribution is -2.35. The summed E-state index contributed by atoms with van der Waals surface area (Å²) in [6.45, 7) is 11.4. The fourth-order valence-electron chi connectivity index (χ4n) is 3.86. The van der Waals surface area contributed by atoms with Gasteiger partial charge in [0.2, 0.25) is 23.6 Å². The lowest BCUT2D eigenvalue weighted by atomic mass is 10.3. The van der Waals surface area contributed by atoms with E-state index in [1.54, 1.807) is 48.8 Å². The molecule has 0 unspecified atom stereocenters. The molecule has 0 spiro atoms. The van der Waals surface area contributed by atoms with Gasteiger partial charge < -0.3 is 39.4 Å². The normalized spacial score (nSPS) is 11.6. The van der Waals surface area contributed by atoms with Crippen LogP contribution in [0.1, 0.15) is 41.5 Å². The Balaban J connectivity index is 0.000000257. The number of benzene rings is 2. The number of aromatic hydroxyl groups is 1. The van der Waals surface area contributed by atoms with Gasteiger partial charge in [-0.25, -0.2) is 9.97 Å². The minimum Gasteiger partial charge on any atom is -0.508 e. The molecule has 12 heteroatoms. The summed E-state index contributed by atoms with van der Waals surface area (Å²) in [6, 6.07) is 20.5. The van der Waals surface area contributed by atoms with Crippen molar-refractivity contribution in [3.8, 4) is 46.3 Å². The summed E-state index contributed by atoms with van der Waals surface area (Å²) in [4.78, 5) is 30.2. The van der Waals surface area contributed by atoms with E-state index in [0.29, 0.717) is 48.0 Å². The summed E-state index contributed by atoms with van der Waals surface area (Å²) >= 11 is 0. The molecule has 0 saturated carbocycles. The van der Waals surface area contributed by atoms with Crippen molar-refractivity contribution in [2.24, 2.45) is 0 Å². The summed E-state index contributed by atoms with van der Waals surface area (Å²) in [5, 5.41) is 14.7. The molecule has 0 aliphatic rings. The highest BCUT2D eigenvalue weighted by atomic mass is 16.5. The lowest BCUT2D eigenvalue weighted by Gasteiger charge is -2.14. The minimum absolute atomic E-state index is 0.0694. The Bertz CT molecular complexity index is 1510. The molecule has 0 aliphatic carbocycles. The topological polar surface area (TPSA) is 150 Å². The second kappa shape index (κ2) is 18.4. The Morgan fingerprint density at radius 2 is 1.00 bits per heavy atom. The van der Waals surface area contributed by atoms with Gasteiger partial charge in [-0.1, -0.05) is 0 Å². The van der Waals surface area contributed by atoms with Crippen LogP contribution in [0.4, 0.5) is 0 Å². The predicted octanol–water partition coefficient (Wildman–Crippen LogP) is 6.05. The molecule has 47 heavy (non-hydrogen) atoms. The number of carbonyl (C=O) groups is 2. The average molecular weight is 647 g/mol. The third-order valence-electron chi connectivity index (χ3n) is 5.79. The van der Waals surface area contributed by atoms with Gasteiger partial charge in [-0.15, -0.1) is 0 Å². The van der Waals surface area contributed by atoms with E-state index in [1.807, 2.05) is 52.0 Å². The zero-order valence-electron chi connectivity index (χ0n) is 27.4. The number of hydrogen-bond acceptors (Lipinski definition) is 10. The van der Waals surface area contributed by atoms with Crippen LogP contribution in [-0.4, -0.2) is 58.3 Å². The second-order valence-electron chi connectivity index (χ2n) is 10.8. The van der Waals surface area contributed by atoms with E-state index in [9.17, 15) is 14.7 Å². The van der Waals surface area contributed by atoms with Crippen molar-refractivity contribution in [1.82, 2.24) is 20.6 Å². The molecule has 4 aromatic rings. The van der Waals surface area contributed by atoms with Crippen molar-refractivity contribution in [2.45, 2.75) is 59.7 Å². The first-order valence-electron chi connectivity index (χ1n) is 15.1. The minimum atomic E-state index is -0.0909. The van der Waals surface area contributed by atoms with Crippen LogP contribution in [0.3, 0.4) is 0 Å². The number of pyridine rings is 2. The highest BCUT2D eigenvalue weighted by Crippen LogP contribution is 2.25. The van der Waals surface area contributed by atoms with Gasteiger partial charge in [-0.05, 0) is 88.4 Å². The number of rotatable bonds is 14. The molecule has 0 bridgehead atoms. The third-order valence-corrected chi connectivity index (χ3v) is 5.79. The number of aromatic nitrogens is 2. The van der Waals surface area contributed by atoms with Crippen LogP contribution in [0.5, 0.6) is 46.3 Å². The van der Waals surface area contributed by atoms with E-state index in [-0.39, 0.29) is 35.8 Å². The van der Waals surface area contributed by atoms with Gasteiger partial charge >= 0.3 is 0 Å². The van der Waals surface area contributed by atoms with Gasteiger partial charge in [0, 0.05) is 26.0 Å². The van der Waals surface area contributed by atoms with Gasteiger partial charge in [0.25, 0.3) is 0 Å². The highest BCUT2D eigenvalue weighted by molar-refractivity contribution is 5.73. The monoisotopic (exact) mass is 646 g/mol. The highest BCUT2D eigenvalue weighted by Gasteiger charge is 2.07. The average Bonchev–Trinajstić information content (AvgIpc) is 3.02. The number of amides is 2. The predicted molar refractivity (Wildman–Crippen MR) is 176 cm³/mol. The lowest BCUT2D eigenvalue weighted by molar-refractivity contribution is -0.120. The largest absolute Gasteiger partial charge is 0.508 e. The molecule has 2 aromatic carbocycles. The van der Waals surface area contributed by atoms with Gasteiger partial charge in [0.1, 0.15) is 47.7 Å². The Morgan fingerprint density at radius 1 is 0.617 bits per heavy atom. The molecule has 2 amide bonds. The zero-order chi connectivity index (χ0) is 34.2. The summed E-state index contributed by atoms with van der Waals surface area (Å²) in [6.07, 6.45) is 3.27. The first-order valence-corrected chi connectivity index (χ1v) is 15.1. The van der Waals surface area contributed by atoms with Crippen LogP contribution in [0.15, 0.2) is 85.2 Å². The van der Waals surface area contributed by atoms with E-state index in [1.165, 1.54) is 26.0 Å². The van der Waals surface area contributed by atoms with Crippen LogP contribution in [-0.2, 0) is 9.59 Å². The Morgan fingerprint density at radius 3 is 1.36 bits per heavy atom. The van der Waals surface area contributed by atoms with Crippen molar-refractivity contribution in [3.63, 3.8) is 0 Å². The van der Waals surface area contributed by atoms with Crippen LogP contribution in [0.2, 0.25) is 0 Å². The van der Waals surface area contributed by atoms with Crippen molar-refractivity contribution in [3.05, 3.63) is 85.2 Å². The molecule has 0 saturated heterocycles. The number of phenols is 1. The van der Waals surface area contributed by atoms with E-state index in [0.717, 1.165) is 5.75 Å². The van der Waals surface area contributed by atoms with Crippen LogP contribution >= 0.6 is 0 Å². The molecule has 12 nitrogen and oxygen atoms in total. The van der Waals surface area contributed by atoms with E-state index >= 15 is 0 Å². The third kappa shape index (κ3) is 14.4. The molecule has 2 heterocycles. The second-order valence-corrected chi connectivity index (χ2v) is 10.8. The van der Waals surface area contributed by atoms with Crippen molar-refractivity contribution in [1.29, 1.82) is 0 Å². The molecule has 2 atom stereocenters. The van der Waals surface area contributed by atoms with E-state index in [2.05, 4.69) is 20.6 Å². The SMILES string of the molecule is CC(=O)N[C@@H](C)COc1ccc(Oc2ccc(O)cc2)nc1.CC(=O)N[C@@H](C)COc1ccc(Oc2ccc(OC(C)C)cc2)nc1. The smallest absolute Gasteiger partial charge is 0.219 e. The molecule has 0 fully saturated rings. The fraction of sp³-hybridized carbons (Fsp3) is 0.314. The maximum atomic E-state index is 11.0. The maximum absolute atomic E-state index is 11.0. The van der Waals surface area contributed by atoms with Gasteiger partial charge in [-0.3, -0.25) is 9.59 Å². The number of nitrogens with zero attached hydrogens (tertiary/aromatic N) is 2. The Labute approximate surface area is 275 Å². The molecular formula is C35H42N4O8. The maximum Gasteiger partial charge on any atom is 0.219 e. The standard InChI is InChI=1S/C19H24N2O4.C16H18N2O4/c1-13(2)24-16-5-7-17(8-6-16)25-19-10-9-18(11-20-19)23-12-14(3)21-15(4)22;1-11(18-12(2)19)10-21-15-7-8-16(17-9-15)22-14-5-3-13(20)4-6-14/h5-11,13-14H,12H2,1-4H3,(H,21,22);3-9,11,20H,10H2,1-2H3,(H,18,19)/t14-;11-/m00/s1. The number of carbonyl (C=O) groups excluding carboxylic acids is 2. The summed E-state index contributed by atoms with van der Waals surface area (Å²) < 4.78 is 27.9. The van der Waals surface area contributed by atoms with Crippen molar-refractivity contribution < 1.29 is 38.4 Å². The number of phenolic OH excluding ortho intramolecular Hbond substituents is 1. The first kappa shape index (κ1) is 36.0. The van der Waals surface area contributed by atoms with Crippen molar-refractivity contribution >= 4 is 11.8 Å². The number of ether oxygens (including phenoxy) is 5. The molecule has 250 valence electrons. The molecule has 0 aliphatic heterocycles. The van der Waals surface area contributed by atoms with Crippen molar-refractivity contribution in [2.75, 3.05) is 13.2 Å². The molecule has 3 N–H and O–H groups in total. The Kier molecular flexibility index (Phi) is 14.1. The fourth-order valence-corrected chi connectivity index (χ4v) is 3.86. The molecule has 0 radical (unpaired) electrons. The Hall–Kier alpha value is -5.52. The number of nitrogens with one attached hydrogen (secondary N) is 2. The van der Waals surface area contributed by atoms with Crippen LogP contribution in [0.25, 0.3) is 0 Å². The first-order chi connectivity index (χ1) is 22.4. The summed E-state index contributed by atoms with van der Waals surface area (Å²) in [5.41, 5.74) is 0. The van der Waals surface area contributed by atoms with E-state index in [4.69, 9.17) is 23.7 Å². The van der Waals surface area contributed by atoms with Gasteiger partial charge in [0.05, 0.1) is 30.6 Å². The number of hydrogen-bond donors (Lipinski definition) is 3. The van der Waals surface area contributed by atoms with Crippen LogP contribution in [0, 0.1) is 0 Å². The van der Waals surface area contributed by atoms with Crippen LogP contribution < -0.4 is 34.3 Å². The molecule has 2 aromatic heterocycles. The zero-order valence-corrected chi connectivity index (χ0v) is 27.4. The quantitative estimate of drug-likeness (QED) is 0.148. The van der Waals surface area contributed by atoms with Gasteiger partial charge in [0.15, 0.2) is 0 Å². The van der Waals surface area contributed by atoms with Gasteiger partial charge in [-0.2, -0.15) is 0 Å². The molecular weight excluding hydrogens is 604 g/mol. The molecule has 4 rings (SSSR count). The van der Waals surface area contributed by atoms with E-state index < -0.39 is 0 Å².